The van der Waals surface area contributed by atoms with Crippen molar-refractivity contribution in [1.82, 2.24) is 9.80 Å². The van der Waals surface area contributed by atoms with Crippen molar-refractivity contribution in [3.05, 3.63) is 87.4 Å². The quantitative estimate of drug-likeness (QED) is 0.217. The van der Waals surface area contributed by atoms with Crippen LogP contribution >= 0.6 is 23.2 Å². The van der Waals surface area contributed by atoms with E-state index in [2.05, 4.69) is 0 Å². The topological polar surface area (TPSA) is 77.5 Å². The second-order valence-corrected chi connectivity index (χ2v) is 13.7. The highest BCUT2D eigenvalue weighted by molar-refractivity contribution is 6.42. The van der Waals surface area contributed by atoms with Gasteiger partial charge in [-0.3, -0.25) is 4.79 Å². The number of likely N-dealkylation sites (tertiary alicyclic amines) is 1. The van der Waals surface area contributed by atoms with Gasteiger partial charge in [0.05, 0.1) is 30.2 Å². The fraction of sp³-hybridized carbons (Fsp3) is 0.444. The van der Waals surface area contributed by atoms with Crippen LogP contribution < -0.4 is 14.2 Å². The van der Waals surface area contributed by atoms with E-state index in [0.717, 1.165) is 29.5 Å². The summed E-state index contributed by atoms with van der Waals surface area (Å²) in [7, 11) is 3.23. The van der Waals surface area contributed by atoms with Gasteiger partial charge in [0.25, 0.3) is 0 Å². The number of carbonyl (C=O) groups is 2. The first-order chi connectivity index (χ1) is 22.0. The van der Waals surface area contributed by atoms with Crippen molar-refractivity contribution in [3.63, 3.8) is 0 Å². The molecule has 1 heterocycles. The number of hydrogen-bond acceptors (Lipinski definition) is 6. The van der Waals surface area contributed by atoms with E-state index in [1.54, 1.807) is 25.2 Å². The third kappa shape index (κ3) is 8.39. The zero-order valence-corrected chi connectivity index (χ0v) is 28.6. The van der Waals surface area contributed by atoms with Crippen molar-refractivity contribution in [2.24, 2.45) is 5.92 Å². The van der Waals surface area contributed by atoms with Crippen LogP contribution in [0.4, 0.5) is 4.79 Å². The Morgan fingerprint density at radius 3 is 2.26 bits per heavy atom. The van der Waals surface area contributed by atoms with Gasteiger partial charge in [-0.25, -0.2) is 4.79 Å². The third-order valence-corrected chi connectivity index (χ3v) is 9.19. The molecule has 3 aromatic rings. The molecule has 1 aliphatic heterocycles. The highest BCUT2D eigenvalue weighted by Gasteiger charge is 2.43. The maximum atomic E-state index is 14.5. The maximum Gasteiger partial charge on any atom is 0.410 e. The summed E-state index contributed by atoms with van der Waals surface area (Å²) in [6.07, 6.45) is 2.04. The molecule has 2 amide bonds. The van der Waals surface area contributed by atoms with E-state index < -0.39 is 17.6 Å². The monoisotopic (exact) mass is 668 g/mol. The fourth-order valence-corrected chi connectivity index (χ4v) is 6.26. The number of benzene rings is 3. The molecule has 5 rings (SSSR count). The molecule has 0 bridgehead atoms. The molecule has 2 fully saturated rings. The van der Waals surface area contributed by atoms with Gasteiger partial charge in [-0.15, -0.1) is 0 Å². The summed E-state index contributed by atoms with van der Waals surface area (Å²) >= 11 is 12.9. The lowest BCUT2D eigenvalue weighted by Gasteiger charge is -2.40. The molecule has 46 heavy (non-hydrogen) atoms. The highest BCUT2D eigenvalue weighted by Crippen LogP contribution is 2.40. The van der Waals surface area contributed by atoms with Crippen LogP contribution in [0.15, 0.2) is 60.7 Å². The minimum Gasteiger partial charge on any atom is -0.497 e. The zero-order chi connectivity index (χ0) is 33.0. The number of halogens is 2. The van der Waals surface area contributed by atoms with E-state index in [4.69, 9.17) is 42.1 Å². The van der Waals surface area contributed by atoms with Crippen LogP contribution in [0.1, 0.15) is 62.6 Å². The molecule has 2 atom stereocenters. The molecule has 0 spiro atoms. The number of methoxy groups -OCH3 is 2. The number of amides is 2. The molecule has 0 unspecified atom stereocenters. The summed E-state index contributed by atoms with van der Waals surface area (Å²) in [5, 5.41) is 0.912. The molecular weight excluding hydrogens is 627 g/mol. The van der Waals surface area contributed by atoms with Gasteiger partial charge < -0.3 is 28.7 Å². The summed E-state index contributed by atoms with van der Waals surface area (Å²) in [5.41, 5.74) is 2.05. The predicted octanol–water partition coefficient (Wildman–Crippen LogP) is 8.12. The predicted molar refractivity (Wildman–Crippen MR) is 179 cm³/mol. The average molecular weight is 670 g/mol. The minimum atomic E-state index is -0.644. The molecule has 0 radical (unpaired) electrons. The van der Waals surface area contributed by atoms with E-state index in [9.17, 15) is 9.59 Å². The number of rotatable bonds is 10. The van der Waals surface area contributed by atoms with E-state index in [1.165, 1.54) is 0 Å². The smallest absolute Gasteiger partial charge is 0.410 e. The minimum absolute atomic E-state index is 0.00778. The van der Waals surface area contributed by atoms with Crippen LogP contribution in [-0.2, 0) is 22.7 Å². The molecule has 2 aliphatic rings. The lowest BCUT2D eigenvalue weighted by Crippen LogP contribution is -2.51. The van der Waals surface area contributed by atoms with Gasteiger partial charge in [-0.2, -0.15) is 0 Å². The van der Waals surface area contributed by atoms with Crippen molar-refractivity contribution in [2.45, 2.75) is 70.7 Å². The van der Waals surface area contributed by atoms with Gasteiger partial charge in [-0.05, 0) is 93.0 Å². The molecule has 1 saturated heterocycles. The first kappa shape index (κ1) is 33.7. The maximum absolute atomic E-state index is 14.5. The molecule has 246 valence electrons. The molecule has 1 aliphatic carbocycles. The summed E-state index contributed by atoms with van der Waals surface area (Å²) in [5.74, 6) is 1.42. The van der Waals surface area contributed by atoms with E-state index in [-0.39, 0.29) is 24.4 Å². The van der Waals surface area contributed by atoms with Crippen molar-refractivity contribution in [3.8, 4) is 17.2 Å². The SMILES string of the molecule is COc1cc(COc2cccc([C@H]3CCN(C(=O)OC(C)(C)C)C[C@@H]3C(=O)N(Cc3cccc(Cl)c3Cl)C3CC3)c2)cc(OC)c1. The third-order valence-electron chi connectivity index (χ3n) is 8.33. The molecule has 3 aromatic carbocycles. The Balaban J connectivity index is 1.41. The Labute approximate surface area is 281 Å². The van der Waals surface area contributed by atoms with Gasteiger partial charge in [-0.1, -0.05) is 47.5 Å². The molecular formula is C36H42Cl2N2O6. The summed E-state index contributed by atoms with van der Waals surface area (Å²) in [6.45, 7) is 6.92. The lowest BCUT2D eigenvalue weighted by molar-refractivity contribution is -0.139. The summed E-state index contributed by atoms with van der Waals surface area (Å²) in [6, 6.07) is 19.1. The summed E-state index contributed by atoms with van der Waals surface area (Å²) < 4.78 is 22.7. The molecule has 1 saturated carbocycles. The zero-order valence-electron chi connectivity index (χ0n) is 27.1. The molecule has 0 N–H and O–H groups in total. The average Bonchev–Trinajstić information content (AvgIpc) is 3.88. The Kier molecular flexibility index (Phi) is 10.6. The standard InChI is InChI=1S/C36H42Cl2N2O6/c1-36(2,3)46-35(42)39-15-14-30(24-8-6-10-27(18-24)45-22-23-16-28(43-4)19-29(17-23)44-5)31(21-39)34(41)40(26-12-13-26)20-25-9-7-11-32(37)33(25)38/h6-11,16-19,26,30-31H,12-15,20-22H2,1-5H3/t30-,31+/m1/s1. The van der Waals surface area contributed by atoms with Crippen LogP contribution in [-0.4, -0.2) is 60.8 Å². The van der Waals surface area contributed by atoms with Gasteiger partial charge >= 0.3 is 6.09 Å². The van der Waals surface area contributed by atoms with Crippen LogP contribution in [0.2, 0.25) is 10.0 Å². The number of carbonyl (C=O) groups excluding carboxylic acids is 2. The fourth-order valence-electron chi connectivity index (χ4n) is 5.89. The first-order valence-corrected chi connectivity index (χ1v) is 16.4. The molecule has 0 aromatic heterocycles. The Morgan fingerprint density at radius 2 is 1.61 bits per heavy atom. The van der Waals surface area contributed by atoms with Gasteiger partial charge in [0.1, 0.15) is 29.5 Å². The van der Waals surface area contributed by atoms with Gasteiger partial charge in [0.2, 0.25) is 5.91 Å². The van der Waals surface area contributed by atoms with Crippen molar-refractivity contribution < 1.29 is 28.5 Å². The van der Waals surface area contributed by atoms with Gasteiger partial charge in [0.15, 0.2) is 0 Å². The Bertz CT molecular complexity index is 1530. The number of nitrogens with zero attached hydrogens (tertiary/aromatic N) is 2. The lowest BCUT2D eigenvalue weighted by atomic mass is 9.79. The largest absolute Gasteiger partial charge is 0.497 e. The van der Waals surface area contributed by atoms with Crippen molar-refractivity contribution in [2.75, 3.05) is 27.3 Å². The van der Waals surface area contributed by atoms with Crippen LogP contribution in [0.3, 0.4) is 0 Å². The van der Waals surface area contributed by atoms with Crippen molar-refractivity contribution in [1.29, 1.82) is 0 Å². The number of hydrogen-bond donors (Lipinski definition) is 0. The van der Waals surface area contributed by atoms with E-state index in [0.29, 0.717) is 53.4 Å². The van der Waals surface area contributed by atoms with Gasteiger partial charge in [0, 0.05) is 31.7 Å². The number of piperidine rings is 1. The van der Waals surface area contributed by atoms with E-state index >= 15 is 0 Å². The number of ether oxygens (including phenoxy) is 4. The first-order valence-electron chi connectivity index (χ1n) is 15.6. The van der Waals surface area contributed by atoms with E-state index in [1.807, 2.05) is 80.3 Å². The normalized spacial score (nSPS) is 18.1. The Morgan fingerprint density at radius 1 is 0.913 bits per heavy atom. The van der Waals surface area contributed by atoms with Crippen LogP contribution in [0, 0.1) is 5.92 Å². The molecule has 8 nitrogen and oxygen atoms in total. The van der Waals surface area contributed by atoms with Crippen LogP contribution in [0.25, 0.3) is 0 Å². The second kappa shape index (κ2) is 14.4. The summed E-state index contributed by atoms with van der Waals surface area (Å²) in [4.78, 5) is 31.3. The van der Waals surface area contributed by atoms with Crippen molar-refractivity contribution >= 4 is 35.2 Å². The highest BCUT2D eigenvalue weighted by atomic mass is 35.5. The second-order valence-electron chi connectivity index (χ2n) is 12.9. The van der Waals surface area contributed by atoms with Crippen LogP contribution in [0.5, 0.6) is 17.2 Å². The molecule has 10 heteroatoms. The Hall–Kier alpha value is -3.62.